The normalized spacial score (nSPS) is 20.6. The number of benzene rings is 1. The SMILES string of the molecule is COc1cc2c(cc1OC)CCN(C(=O)C1CC=CCC1)CC2. The highest BCUT2D eigenvalue weighted by atomic mass is 16.5. The van der Waals surface area contributed by atoms with E-state index in [2.05, 4.69) is 24.3 Å². The minimum atomic E-state index is 0.172. The molecule has 0 saturated carbocycles. The minimum absolute atomic E-state index is 0.172. The van der Waals surface area contributed by atoms with Gasteiger partial charge in [-0.25, -0.2) is 0 Å². The Bertz CT molecular complexity index is 574. The van der Waals surface area contributed by atoms with E-state index in [-0.39, 0.29) is 5.92 Å². The maximum atomic E-state index is 12.7. The first-order valence-electron chi connectivity index (χ1n) is 8.40. The van der Waals surface area contributed by atoms with Crippen LogP contribution in [0.2, 0.25) is 0 Å². The summed E-state index contributed by atoms with van der Waals surface area (Å²) in [6, 6.07) is 4.12. The quantitative estimate of drug-likeness (QED) is 0.805. The fourth-order valence-electron chi connectivity index (χ4n) is 3.55. The van der Waals surface area contributed by atoms with Crippen molar-refractivity contribution in [3.05, 3.63) is 35.4 Å². The average molecular weight is 315 g/mol. The van der Waals surface area contributed by atoms with Crippen LogP contribution in [0, 0.1) is 5.92 Å². The fraction of sp³-hybridized carbons (Fsp3) is 0.526. The number of allylic oxidation sites excluding steroid dienone is 2. The van der Waals surface area contributed by atoms with Gasteiger partial charge in [0.15, 0.2) is 11.5 Å². The van der Waals surface area contributed by atoms with Crippen LogP contribution in [0.4, 0.5) is 0 Å². The molecule has 0 fully saturated rings. The van der Waals surface area contributed by atoms with E-state index in [0.717, 1.165) is 56.7 Å². The first-order chi connectivity index (χ1) is 11.2. The molecule has 2 aliphatic rings. The van der Waals surface area contributed by atoms with Gasteiger partial charge in [0.25, 0.3) is 0 Å². The maximum absolute atomic E-state index is 12.7. The van der Waals surface area contributed by atoms with E-state index in [1.165, 1.54) is 11.1 Å². The predicted molar refractivity (Wildman–Crippen MR) is 90.0 cm³/mol. The van der Waals surface area contributed by atoms with E-state index in [4.69, 9.17) is 9.47 Å². The zero-order chi connectivity index (χ0) is 16.2. The molecule has 0 bridgehead atoms. The van der Waals surface area contributed by atoms with Gasteiger partial charge in [0.05, 0.1) is 14.2 Å². The molecule has 0 saturated heterocycles. The van der Waals surface area contributed by atoms with E-state index in [0.29, 0.717) is 5.91 Å². The lowest BCUT2D eigenvalue weighted by atomic mass is 9.93. The molecule has 1 aliphatic heterocycles. The molecule has 3 rings (SSSR count). The molecule has 0 N–H and O–H groups in total. The van der Waals surface area contributed by atoms with Crippen LogP contribution in [0.25, 0.3) is 0 Å². The molecule has 0 aromatic heterocycles. The monoisotopic (exact) mass is 315 g/mol. The number of hydrogen-bond donors (Lipinski definition) is 0. The third kappa shape index (κ3) is 3.36. The number of ether oxygens (including phenoxy) is 2. The summed E-state index contributed by atoms with van der Waals surface area (Å²) in [5, 5.41) is 0. The Kier molecular flexibility index (Phi) is 4.89. The highest BCUT2D eigenvalue weighted by Gasteiger charge is 2.26. The number of carbonyl (C=O) groups is 1. The van der Waals surface area contributed by atoms with Crippen molar-refractivity contribution < 1.29 is 14.3 Å². The van der Waals surface area contributed by atoms with Gasteiger partial charge in [-0.3, -0.25) is 4.79 Å². The van der Waals surface area contributed by atoms with Crippen molar-refractivity contribution in [2.75, 3.05) is 27.3 Å². The molecule has 1 atom stereocenters. The van der Waals surface area contributed by atoms with Gasteiger partial charge in [-0.1, -0.05) is 12.2 Å². The van der Waals surface area contributed by atoms with Gasteiger partial charge < -0.3 is 14.4 Å². The van der Waals surface area contributed by atoms with Crippen molar-refractivity contribution in [2.24, 2.45) is 5.92 Å². The number of nitrogens with zero attached hydrogens (tertiary/aromatic N) is 1. The first-order valence-corrected chi connectivity index (χ1v) is 8.40. The Labute approximate surface area is 138 Å². The molecule has 1 amide bonds. The summed E-state index contributed by atoms with van der Waals surface area (Å²) in [7, 11) is 3.32. The lowest BCUT2D eigenvalue weighted by Crippen LogP contribution is -2.38. The van der Waals surface area contributed by atoms with Crippen LogP contribution >= 0.6 is 0 Å². The second-order valence-electron chi connectivity index (χ2n) is 6.28. The van der Waals surface area contributed by atoms with Crippen molar-refractivity contribution in [1.29, 1.82) is 0 Å². The molecule has 0 radical (unpaired) electrons. The molecule has 1 heterocycles. The van der Waals surface area contributed by atoms with E-state index in [1.807, 2.05) is 4.90 Å². The first kappa shape index (κ1) is 15.9. The van der Waals surface area contributed by atoms with Crippen LogP contribution in [0.3, 0.4) is 0 Å². The minimum Gasteiger partial charge on any atom is -0.493 e. The van der Waals surface area contributed by atoms with Gasteiger partial charge in [-0.2, -0.15) is 0 Å². The highest BCUT2D eigenvalue weighted by molar-refractivity contribution is 5.79. The Hall–Kier alpha value is -1.97. The second kappa shape index (κ2) is 7.07. The third-order valence-electron chi connectivity index (χ3n) is 4.94. The Morgan fingerprint density at radius 3 is 2.13 bits per heavy atom. The number of hydrogen-bond acceptors (Lipinski definition) is 3. The average Bonchev–Trinajstić information content (AvgIpc) is 2.82. The summed E-state index contributed by atoms with van der Waals surface area (Å²) >= 11 is 0. The summed E-state index contributed by atoms with van der Waals surface area (Å²) in [5.41, 5.74) is 2.53. The molecular weight excluding hydrogens is 290 g/mol. The van der Waals surface area contributed by atoms with E-state index < -0.39 is 0 Å². The fourth-order valence-corrected chi connectivity index (χ4v) is 3.55. The molecule has 1 unspecified atom stereocenters. The molecule has 4 nitrogen and oxygen atoms in total. The largest absolute Gasteiger partial charge is 0.493 e. The number of methoxy groups -OCH3 is 2. The van der Waals surface area contributed by atoms with Crippen LogP contribution in [-0.2, 0) is 17.6 Å². The molecule has 1 aliphatic carbocycles. The van der Waals surface area contributed by atoms with Gasteiger partial charge >= 0.3 is 0 Å². The van der Waals surface area contributed by atoms with Crippen LogP contribution in [0.5, 0.6) is 11.5 Å². The van der Waals surface area contributed by atoms with Crippen LogP contribution in [0.15, 0.2) is 24.3 Å². The summed E-state index contributed by atoms with van der Waals surface area (Å²) in [5.74, 6) is 2.03. The zero-order valence-corrected chi connectivity index (χ0v) is 14.0. The number of amides is 1. The number of rotatable bonds is 3. The summed E-state index contributed by atoms with van der Waals surface area (Å²) in [6.45, 7) is 1.59. The van der Waals surface area contributed by atoms with Gasteiger partial charge in [0, 0.05) is 19.0 Å². The molecule has 1 aromatic rings. The topological polar surface area (TPSA) is 38.8 Å². The van der Waals surface area contributed by atoms with Crippen molar-refractivity contribution in [1.82, 2.24) is 4.90 Å². The molecule has 1 aromatic carbocycles. The van der Waals surface area contributed by atoms with Crippen molar-refractivity contribution in [2.45, 2.75) is 32.1 Å². The third-order valence-corrected chi connectivity index (χ3v) is 4.94. The van der Waals surface area contributed by atoms with Gasteiger partial charge in [-0.05, 0) is 55.4 Å². The predicted octanol–water partition coefficient (Wildman–Crippen LogP) is 2.99. The van der Waals surface area contributed by atoms with E-state index >= 15 is 0 Å². The van der Waals surface area contributed by atoms with E-state index in [1.54, 1.807) is 14.2 Å². The summed E-state index contributed by atoms with van der Waals surface area (Å²) in [4.78, 5) is 14.8. The van der Waals surface area contributed by atoms with Crippen LogP contribution < -0.4 is 9.47 Å². The van der Waals surface area contributed by atoms with Crippen LogP contribution in [-0.4, -0.2) is 38.1 Å². The molecular formula is C19H25NO3. The smallest absolute Gasteiger partial charge is 0.226 e. The van der Waals surface area contributed by atoms with Gasteiger partial charge in [0.2, 0.25) is 5.91 Å². The van der Waals surface area contributed by atoms with Crippen LogP contribution in [0.1, 0.15) is 30.4 Å². The molecule has 23 heavy (non-hydrogen) atoms. The molecule has 124 valence electrons. The molecule has 4 heteroatoms. The second-order valence-corrected chi connectivity index (χ2v) is 6.28. The lowest BCUT2D eigenvalue weighted by molar-refractivity contribution is -0.135. The van der Waals surface area contributed by atoms with Crippen molar-refractivity contribution in [3.63, 3.8) is 0 Å². The van der Waals surface area contributed by atoms with Crippen molar-refractivity contribution >= 4 is 5.91 Å². The zero-order valence-electron chi connectivity index (χ0n) is 14.0. The highest BCUT2D eigenvalue weighted by Crippen LogP contribution is 2.32. The van der Waals surface area contributed by atoms with Gasteiger partial charge in [-0.15, -0.1) is 0 Å². The number of carbonyl (C=O) groups excluding carboxylic acids is 1. The lowest BCUT2D eigenvalue weighted by Gasteiger charge is -2.26. The summed E-state index contributed by atoms with van der Waals surface area (Å²) in [6.07, 6.45) is 8.99. The molecule has 0 spiro atoms. The van der Waals surface area contributed by atoms with Gasteiger partial charge in [0.1, 0.15) is 0 Å². The Morgan fingerprint density at radius 2 is 1.65 bits per heavy atom. The number of fused-ring (bicyclic) bond motifs is 1. The van der Waals surface area contributed by atoms with E-state index in [9.17, 15) is 4.79 Å². The Balaban J connectivity index is 1.74. The summed E-state index contributed by atoms with van der Waals surface area (Å²) < 4.78 is 10.8. The van der Waals surface area contributed by atoms with Crippen molar-refractivity contribution in [3.8, 4) is 11.5 Å². The maximum Gasteiger partial charge on any atom is 0.226 e. The Morgan fingerprint density at radius 1 is 1.04 bits per heavy atom. The standard InChI is InChI=1S/C19H25NO3/c1-22-17-12-15-8-10-20(11-9-16(15)13-18(17)23-2)19(21)14-6-4-3-5-7-14/h3-4,12-14H,5-11H2,1-2H3.